The van der Waals surface area contributed by atoms with Crippen LogP contribution in [0.5, 0.6) is 0 Å². The fraction of sp³-hybridized carbons (Fsp3) is 0.583. The van der Waals surface area contributed by atoms with Gasteiger partial charge in [0, 0.05) is 17.5 Å². The van der Waals surface area contributed by atoms with Gasteiger partial charge in [0.25, 0.3) is 0 Å². The van der Waals surface area contributed by atoms with E-state index >= 15 is 0 Å². The first-order chi connectivity index (χ1) is 7.29. The smallest absolute Gasteiger partial charge is 0.126 e. The van der Waals surface area contributed by atoms with Crippen molar-refractivity contribution in [3.05, 3.63) is 23.9 Å². The standard InChI is InChI=1S/C12H18N2S/c1-9-6-7-13-12(8-9)14-10-4-3-5-11(10)15-2/h6-8,10-11H,3-5H2,1-2H3,(H,13,14). The number of aromatic nitrogens is 1. The van der Waals surface area contributed by atoms with Gasteiger partial charge in [-0.1, -0.05) is 6.42 Å². The molecule has 0 aromatic carbocycles. The molecule has 1 saturated carbocycles. The molecule has 82 valence electrons. The molecule has 0 spiro atoms. The van der Waals surface area contributed by atoms with Crippen molar-refractivity contribution in [1.82, 2.24) is 4.98 Å². The number of anilines is 1. The van der Waals surface area contributed by atoms with E-state index in [-0.39, 0.29) is 0 Å². The molecule has 0 bridgehead atoms. The Morgan fingerprint density at radius 2 is 2.33 bits per heavy atom. The Bertz CT molecular complexity index is 327. The third kappa shape index (κ3) is 2.65. The van der Waals surface area contributed by atoms with Crippen molar-refractivity contribution < 1.29 is 0 Å². The van der Waals surface area contributed by atoms with Crippen LogP contribution in [0.25, 0.3) is 0 Å². The molecule has 2 nitrogen and oxygen atoms in total. The van der Waals surface area contributed by atoms with Crippen molar-refractivity contribution in [2.45, 2.75) is 37.5 Å². The van der Waals surface area contributed by atoms with Crippen molar-refractivity contribution in [1.29, 1.82) is 0 Å². The van der Waals surface area contributed by atoms with E-state index in [0.29, 0.717) is 6.04 Å². The molecule has 1 N–H and O–H groups in total. The highest BCUT2D eigenvalue weighted by Gasteiger charge is 2.26. The number of nitrogens with zero attached hydrogens (tertiary/aromatic N) is 1. The SMILES string of the molecule is CSC1CCCC1Nc1cc(C)ccn1. The first-order valence-corrected chi connectivity index (χ1v) is 6.80. The third-order valence-electron chi connectivity index (χ3n) is 3.00. The van der Waals surface area contributed by atoms with Gasteiger partial charge in [-0.25, -0.2) is 4.98 Å². The monoisotopic (exact) mass is 222 g/mol. The van der Waals surface area contributed by atoms with Crippen LogP contribution in [-0.4, -0.2) is 22.5 Å². The first kappa shape index (κ1) is 10.8. The summed E-state index contributed by atoms with van der Waals surface area (Å²) in [5, 5.41) is 4.31. The molecule has 1 aromatic rings. The quantitative estimate of drug-likeness (QED) is 0.850. The molecule has 1 aromatic heterocycles. The van der Waals surface area contributed by atoms with Crippen molar-refractivity contribution in [2.75, 3.05) is 11.6 Å². The molecule has 2 unspecified atom stereocenters. The van der Waals surface area contributed by atoms with Crippen LogP contribution in [0.2, 0.25) is 0 Å². The lowest BCUT2D eigenvalue weighted by molar-refractivity contribution is 0.763. The molecule has 1 heterocycles. The number of rotatable bonds is 3. The van der Waals surface area contributed by atoms with E-state index in [4.69, 9.17) is 0 Å². The minimum Gasteiger partial charge on any atom is -0.366 e. The van der Waals surface area contributed by atoms with Gasteiger partial charge in [0.1, 0.15) is 5.82 Å². The van der Waals surface area contributed by atoms with E-state index in [1.807, 2.05) is 24.0 Å². The summed E-state index contributed by atoms with van der Waals surface area (Å²) >= 11 is 1.97. The summed E-state index contributed by atoms with van der Waals surface area (Å²) in [5.41, 5.74) is 1.27. The molecule has 0 amide bonds. The first-order valence-electron chi connectivity index (χ1n) is 5.51. The lowest BCUT2D eigenvalue weighted by Gasteiger charge is -2.19. The highest BCUT2D eigenvalue weighted by Crippen LogP contribution is 2.30. The fourth-order valence-corrected chi connectivity index (χ4v) is 3.11. The molecular weight excluding hydrogens is 204 g/mol. The Labute approximate surface area is 95.9 Å². The molecule has 15 heavy (non-hydrogen) atoms. The van der Waals surface area contributed by atoms with Gasteiger partial charge >= 0.3 is 0 Å². The predicted molar refractivity (Wildman–Crippen MR) is 67.5 cm³/mol. The zero-order valence-electron chi connectivity index (χ0n) is 9.36. The second-order valence-electron chi connectivity index (χ2n) is 4.17. The molecule has 1 aliphatic rings. The van der Waals surface area contributed by atoms with Crippen LogP contribution in [0, 0.1) is 6.92 Å². The summed E-state index contributed by atoms with van der Waals surface area (Å²) < 4.78 is 0. The highest BCUT2D eigenvalue weighted by molar-refractivity contribution is 7.99. The average Bonchev–Trinajstić information content (AvgIpc) is 2.65. The van der Waals surface area contributed by atoms with Crippen LogP contribution in [0.1, 0.15) is 24.8 Å². The number of aryl methyl sites for hydroxylation is 1. The van der Waals surface area contributed by atoms with Gasteiger partial charge in [-0.3, -0.25) is 0 Å². The van der Waals surface area contributed by atoms with Crippen molar-refractivity contribution >= 4 is 17.6 Å². The van der Waals surface area contributed by atoms with Crippen molar-refractivity contribution in [2.24, 2.45) is 0 Å². The number of hydrogen-bond donors (Lipinski definition) is 1. The summed E-state index contributed by atoms with van der Waals surface area (Å²) in [6.45, 7) is 2.10. The van der Waals surface area contributed by atoms with Crippen LogP contribution in [0.4, 0.5) is 5.82 Å². The Kier molecular flexibility index (Phi) is 3.52. The van der Waals surface area contributed by atoms with Crippen LogP contribution in [-0.2, 0) is 0 Å². The normalized spacial score (nSPS) is 25.5. The van der Waals surface area contributed by atoms with E-state index in [1.165, 1.54) is 24.8 Å². The Morgan fingerprint density at radius 3 is 3.07 bits per heavy atom. The summed E-state index contributed by atoms with van der Waals surface area (Å²) in [4.78, 5) is 4.35. The average molecular weight is 222 g/mol. The molecule has 0 saturated heterocycles. The molecule has 3 heteroatoms. The van der Waals surface area contributed by atoms with E-state index in [2.05, 4.69) is 29.5 Å². The van der Waals surface area contributed by atoms with Gasteiger partial charge in [-0.15, -0.1) is 0 Å². The molecule has 1 aliphatic carbocycles. The van der Waals surface area contributed by atoms with Gasteiger partial charge in [-0.2, -0.15) is 11.8 Å². The number of thioether (sulfide) groups is 1. The van der Waals surface area contributed by atoms with Crippen LogP contribution in [0.3, 0.4) is 0 Å². The molecule has 2 rings (SSSR count). The van der Waals surface area contributed by atoms with Gasteiger partial charge in [0.2, 0.25) is 0 Å². The van der Waals surface area contributed by atoms with Gasteiger partial charge < -0.3 is 5.32 Å². The molecule has 0 aliphatic heterocycles. The number of pyridine rings is 1. The number of hydrogen-bond acceptors (Lipinski definition) is 3. The summed E-state index contributed by atoms with van der Waals surface area (Å²) in [5.74, 6) is 1.03. The highest BCUT2D eigenvalue weighted by atomic mass is 32.2. The Morgan fingerprint density at radius 1 is 1.47 bits per heavy atom. The Balaban J connectivity index is 2.02. The minimum atomic E-state index is 0.606. The topological polar surface area (TPSA) is 24.9 Å². The lowest BCUT2D eigenvalue weighted by Crippen LogP contribution is -2.26. The van der Waals surface area contributed by atoms with Crippen LogP contribution < -0.4 is 5.32 Å². The van der Waals surface area contributed by atoms with E-state index in [0.717, 1.165) is 11.1 Å². The molecular formula is C12H18N2S. The summed E-state index contributed by atoms with van der Waals surface area (Å²) in [7, 11) is 0. The van der Waals surface area contributed by atoms with Crippen molar-refractivity contribution in [3.63, 3.8) is 0 Å². The zero-order chi connectivity index (χ0) is 10.7. The molecule has 0 radical (unpaired) electrons. The van der Waals surface area contributed by atoms with Gasteiger partial charge in [-0.05, 0) is 43.7 Å². The lowest BCUT2D eigenvalue weighted by atomic mass is 10.2. The Hall–Kier alpha value is -0.700. The van der Waals surface area contributed by atoms with E-state index in [1.54, 1.807) is 0 Å². The maximum absolute atomic E-state index is 4.35. The molecule has 1 fully saturated rings. The second-order valence-corrected chi connectivity index (χ2v) is 5.25. The zero-order valence-corrected chi connectivity index (χ0v) is 10.2. The second kappa shape index (κ2) is 4.88. The van der Waals surface area contributed by atoms with Crippen LogP contribution >= 0.6 is 11.8 Å². The maximum atomic E-state index is 4.35. The van der Waals surface area contributed by atoms with Gasteiger partial charge in [0.15, 0.2) is 0 Å². The summed E-state index contributed by atoms with van der Waals surface area (Å²) in [6, 6.07) is 4.76. The number of nitrogens with one attached hydrogen (secondary N) is 1. The van der Waals surface area contributed by atoms with Gasteiger partial charge in [0.05, 0.1) is 0 Å². The van der Waals surface area contributed by atoms with E-state index in [9.17, 15) is 0 Å². The van der Waals surface area contributed by atoms with Crippen LogP contribution in [0.15, 0.2) is 18.3 Å². The predicted octanol–water partition coefficient (Wildman–Crippen LogP) is 3.09. The van der Waals surface area contributed by atoms with Crippen molar-refractivity contribution in [3.8, 4) is 0 Å². The largest absolute Gasteiger partial charge is 0.366 e. The summed E-state index contributed by atoms with van der Waals surface area (Å²) in [6.07, 6.45) is 8.04. The minimum absolute atomic E-state index is 0.606. The van der Waals surface area contributed by atoms with E-state index < -0.39 is 0 Å². The maximum Gasteiger partial charge on any atom is 0.126 e. The fourth-order valence-electron chi connectivity index (χ4n) is 2.18. The third-order valence-corrected chi connectivity index (χ3v) is 4.17. The molecule has 2 atom stereocenters.